The molecule has 0 fully saturated rings. The fourth-order valence-electron chi connectivity index (χ4n) is 1.30. The second-order valence-corrected chi connectivity index (χ2v) is 3.02. The van der Waals surface area contributed by atoms with Crippen LogP contribution in [0.5, 0.6) is 0 Å². The number of carbonyl (C=O) groups is 1. The average molecular weight is 235 g/mol. The van der Waals surface area contributed by atoms with Crippen molar-refractivity contribution in [2.24, 2.45) is 0 Å². The van der Waals surface area contributed by atoms with Gasteiger partial charge in [0.2, 0.25) is 0 Å². The van der Waals surface area contributed by atoms with E-state index in [1.54, 1.807) is 12.1 Å². The van der Waals surface area contributed by atoms with Gasteiger partial charge in [0.15, 0.2) is 0 Å². The van der Waals surface area contributed by atoms with Gasteiger partial charge in [0.25, 0.3) is 0 Å². The highest BCUT2D eigenvalue weighted by molar-refractivity contribution is 5.94. The molecule has 7 nitrogen and oxygen atoms in total. The first kappa shape index (κ1) is 12.5. The van der Waals surface area contributed by atoms with E-state index in [0.717, 1.165) is 6.20 Å². The molecule has 0 aliphatic carbocycles. The molecule has 0 saturated carbocycles. The predicted octanol–water partition coefficient (Wildman–Crippen LogP) is -0.295. The second-order valence-electron chi connectivity index (χ2n) is 3.02. The number of nitrogens with zero attached hydrogens (tertiary/aromatic N) is 2. The van der Waals surface area contributed by atoms with Crippen molar-refractivity contribution in [3.63, 3.8) is 0 Å². The SMILES string of the molecule is O.O=C(O)c1cnc(=O)[nH]c1-c1ccncc1. The summed E-state index contributed by atoms with van der Waals surface area (Å²) in [6.07, 6.45) is 4.07. The van der Waals surface area contributed by atoms with Crippen LogP contribution in [-0.4, -0.2) is 31.5 Å². The van der Waals surface area contributed by atoms with Gasteiger partial charge in [-0.2, -0.15) is 0 Å². The highest BCUT2D eigenvalue weighted by Gasteiger charge is 2.12. The van der Waals surface area contributed by atoms with Crippen LogP contribution < -0.4 is 5.69 Å². The minimum atomic E-state index is -1.14. The fourth-order valence-corrected chi connectivity index (χ4v) is 1.30. The van der Waals surface area contributed by atoms with Crippen LogP contribution in [0.3, 0.4) is 0 Å². The van der Waals surface area contributed by atoms with Gasteiger partial charge in [-0.05, 0) is 12.1 Å². The lowest BCUT2D eigenvalue weighted by molar-refractivity contribution is 0.0697. The first-order valence-electron chi connectivity index (χ1n) is 4.41. The number of aromatic nitrogens is 3. The number of rotatable bonds is 2. The summed E-state index contributed by atoms with van der Waals surface area (Å²) in [6.45, 7) is 0. The highest BCUT2D eigenvalue weighted by Crippen LogP contribution is 2.18. The van der Waals surface area contributed by atoms with Crippen molar-refractivity contribution in [1.29, 1.82) is 0 Å². The van der Waals surface area contributed by atoms with E-state index in [1.165, 1.54) is 12.4 Å². The van der Waals surface area contributed by atoms with Gasteiger partial charge in [-0.3, -0.25) is 4.98 Å². The Morgan fingerprint density at radius 1 is 1.29 bits per heavy atom. The van der Waals surface area contributed by atoms with Crippen LogP contribution in [0.2, 0.25) is 0 Å². The topological polar surface area (TPSA) is 127 Å². The lowest BCUT2D eigenvalue weighted by atomic mass is 10.1. The standard InChI is InChI=1S/C10H7N3O3.H2O/c14-9(15)7-5-12-10(16)13-8(7)6-1-3-11-4-2-6;/h1-5H,(H,14,15)(H,12,13,16);1H2. The summed E-state index contributed by atoms with van der Waals surface area (Å²) in [5, 5.41) is 8.94. The van der Waals surface area contributed by atoms with E-state index in [9.17, 15) is 9.59 Å². The molecule has 17 heavy (non-hydrogen) atoms. The van der Waals surface area contributed by atoms with E-state index in [4.69, 9.17) is 5.11 Å². The lowest BCUT2D eigenvalue weighted by Gasteiger charge is -2.03. The Labute approximate surface area is 95.1 Å². The van der Waals surface area contributed by atoms with Gasteiger partial charge >= 0.3 is 11.7 Å². The fraction of sp³-hybridized carbons (Fsp3) is 0. The second kappa shape index (κ2) is 4.99. The molecule has 0 atom stereocenters. The monoisotopic (exact) mass is 235 g/mol. The van der Waals surface area contributed by atoms with Gasteiger partial charge in [0.1, 0.15) is 5.56 Å². The number of carboxylic acid groups (broad SMARTS) is 1. The molecule has 0 unspecified atom stereocenters. The summed E-state index contributed by atoms with van der Waals surface area (Å²) >= 11 is 0. The normalized spacial score (nSPS) is 9.41. The van der Waals surface area contributed by atoms with E-state index in [2.05, 4.69) is 15.0 Å². The summed E-state index contributed by atoms with van der Waals surface area (Å²) in [7, 11) is 0. The summed E-state index contributed by atoms with van der Waals surface area (Å²) < 4.78 is 0. The number of hydrogen-bond acceptors (Lipinski definition) is 4. The van der Waals surface area contributed by atoms with E-state index < -0.39 is 11.7 Å². The summed E-state index contributed by atoms with van der Waals surface area (Å²) in [6, 6.07) is 3.22. The van der Waals surface area contributed by atoms with Crippen molar-refractivity contribution < 1.29 is 15.4 Å². The molecule has 0 aliphatic rings. The predicted molar refractivity (Wildman–Crippen MR) is 58.7 cm³/mol. The third kappa shape index (κ3) is 2.52. The Bertz CT molecular complexity index is 580. The molecule has 0 bridgehead atoms. The van der Waals surface area contributed by atoms with Crippen molar-refractivity contribution in [2.75, 3.05) is 0 Å². The molecule has 0 aromatic carbocycles. The van der Waals surface area contributed by atoms with Gasteiger partial charge in [0.05, 0.1) is 5.69 Å². The Morgan fingerprint density at radius 3 is 2.53 bits per heavy atom. The van der Waals surface area contributed by atoms with Crippen molar-refractivity contribution >= 4 is 5.97 Å². The number of aromatic carboxylic acids is 1. The third-order valence-electron chi connectivity index (χ3n) is 2.01. The van der Waals surface area contributed by atoms with Crippen molar-refractivity contribution in [3.05, 3.63) is 46.8 Å². The van der Waals surface area contributed by atoms with Gasteiger partial charge in [0, 0.05) is 24.2 Å². The molecule has 0 radical (unpaired) electrons. The van der Waals surface area contributed by atoms with Crippen molar-refractivity contribution in [2.45, 2.75) is 0 Å². The van der Waals surface area contributed by atoms with Crippen molar-refractivity contribution in [3.8, 4) is 11.3 Å². The van der Waals surface area contributed by atoms with E-state index in [1.807, 2.05) is 0 Å². The zero-order chi connectivity index (χ0) is 11.5. The summed E-state index contributed by atoms with van der Waals surface area (Å²) in [5.41, 5.74) is 0.171. The maximum atomic E-state index is 11.1. The number of aromatic amines is 1. The molecule has 2 rings (SSSR count). The molecule has 2 aromatic heterocycles. The minimum absolute atomic E-state index is 0. The molecule has 0 saturated heterocycles. The maximum absolute atomic E-state index is 11.1. The van der Waals surface area contributed by atoms with Crippen LogP contribution >= 0.6 is 0 Å². The third-order valence-corrected chi connectivity index (χ3v) is 2.01. The maximum Gasteiger partial charge on any atom is 0.345 e. The molecule has 2 heterocycles. The summed E-state index contributed by atoms with van der Waals surface area (Å²) in [5.74, 6) is -1.14. The molecule has 2 aromatic rings. The van der Waals surface area contributed by atoms with Gasteiger partial charge in [-0.25, -0.2) is 14.6 Å². The number of pyridine rings is 1. The molecular weight excluding hydrogens is 226 g/mol. The highest BCUT2D eigenvalue weighted by atomic mass is 16.4. The number of hydrogen-bond donors (Lipinski definition) is 2. The number of nitrogens with one attached hydrogen (secondary N) is 1. The van der Waals surface area contributed by atoms with Crippen LogP contribution in [0.15, 0.2) is 35.5 Å². The van der Waals surface area contributed by atoms with Gasteiger partial charge < -0.3 is 15.6 Å². The molecule has 0 amide bonds. The molecule has 0 aliphatic heterocycles. The smallest absolute Gasteiger partial charge is 0.345 e. The summed E-state index contributed by atoms with van der Waals surface area (Å²) in [4.78, 5) is 31.6. The van der Waals surface area contributed by atoms with E-state index in [-0.39, 0.29) is 16.7 Å². The minimum Gasteiger partial charge on any atom is -0.478 e. The van der Waals surface area contributed by atoms with Gasteiger partial charge in [-0.15, -0.1) is 0 Å². The number of carboxylic acids is 1. The van der Waals surface area contributed by atoms with Crippen LogP contribution in [0, 0.1) is 0 Å². The molecule has 7 heteroatoms. The molecular formula is C10H9N3O4. The van der Waals surface area contributed by atoms with E-state index >= 15 is 0 Å². The van der Waals surface area contributed by atoms with Crippen LogP contribution in [0.1, 0.15) is 10.4 Å². The Balaban J connectivity index is 0.00000144. The first-order chi connectivity index (χ1) is 7.68. The quantitative estimate of drug-likeness (QED) is 0.738. The van der Waals surface area contributed by atoms with Crippen LogP contribution in [0.4, 0.5) is 0 Å². The Hall–Kier alpha value is -2.54. The van der Waals surface area contributed by atoms with Crippen molar-refractivity contribution in [1.82, 2.24) is 15.0 Å². The lowest BCUT2D eigenvalue weighted by Crippen LogP contribution is -2.14. The molecule has 4 N–H and O–H groups in total. The Morgan fingerprint density at radius 2 is 1.94 bits per heavy atom. The Kier molecular flexibility index (Phi) is 3.68. The largest absolute Gasteiger partial charge is 0.478 e. The zero-order valence-corrected chi connectivity index (χ0v) is 8.54. The zero-order valence-electron chi connectivity index (χ0n) is 8.54. The van der Waals surface area contributed by atoms with Crippen LogP contribution in [0.25, 0.3) is 11.3 Å². The van der Waals surface area contributed by atoms with E-state index in [0.29, 0.717) is 5.56 Å². The van der Waals surface area contributed by atoms with Gasteiger partial charge in [-0.1, -0.05) is 0 Å². The molecule has 88 valence electrons. The molecule has 0 spiro atoms. The van der Waals surface area contributed by atoms with Crippen LogP contribution in [-0.2, 0) is 0 Å². The first-order valence-corrected chi connectivity index (χ1v) is 4.41. The number of H-pyrrole nitrogens is 1. The average Bonchev–Trinajstić information content (AvgIpc) is 2.29.